The summed E-state index contributed by atoms with van der Waals surface area (Å²) in [5.41, 5.74) is 5.57. The molecule has 0 unspecified atom stereocenters. The number of hydrogen-bond donors (Lipinski definition) is 2. The number of sulfonamides is 1. The Balaban J connectivity index is 2.35. The Morgan fingerprint density at radius 2 is 2.22 bits per heavy atom. The zero-order valence-corrected chi connectivity index (χ0v) is 10.8. The first-order chi connectivity index (χ1) is 8.41. The number of anilines is 1. The van der Waals surface area contributed by atoms with Gasteiger partial charge in [0.1, 0.15) is 4.90 Å². The maximum absolute atomic E-state index is 12.3. The number of nitrogen functional groups attached to an aromatic ring is 1. The zero-order valence-electron chi connectivity index (χ0n) is 9.96. The average molecular weight is 273 g/mol. The molecule has 0 atom stereocenters. The van der Waals surface area contributed by atoms with E-state index in [4.69, 9.17) is 5.73 Å². The summed E-state index contributed by atoms with van der Waals surface area (Å²) in [6.45, 7) is 0.583. The number of aromatic nitrogens is 2. The average Bonchev–Trinajstić information content (AvgIpc) is 2.50. The molecule has 1 aliphatic rings. The fraction of sp³-hybridized carbons (Fsp3) is 0.556. The maximum atomic E-state index is 12.3. The molecule has 2 heterocycles. The lowest BCUT2D eigenvalue weighted by Crippen LogP contribution is -2.37. The van der Waals surface area contributed by atoms with Gasteiger partial charge in [0.05, 0.1) is 6.54 Å². The summed E-state index contributed by atoms with van der Waals surface area (Å²) in [6, 6.07) is 0. The summed E-state index contributed by atoms with van der Waals surface area (Å²) < 4.78 is 27.1. The van der Waals surface area contributed by atoms with E-state index in [1.54, 1.807) is 7.05 Å². The highest BCUT2D eigenvalue weighted by Gasteiger charge is 2.31. The molecule has 18 heavy (non-hydrogen) atoms. The Kier molecular flexibility index (Phi) is 3.26. The molecule has 0 spiro atoms. The van der Waals surface area contributed by atoms with Gasteiger partial charge in [0.2, 0.25) is 15.9 Å². The number of carbonyl (C=O) groups excluding carboxylic acids is 1. The van der Waals surface area contributed by atoms with E-state index in [0.29, 0.717) is 13.0 Å². The summed E-state index contributed by atoms with van der Waals surface area (Å²) in [5, 5.41) is 6.42. The number of rotatable bonds is 2. The van der Waals surface area contributed by atoms with Crippen molar-refractivity contribution in [3.63, 3.8) is 0 Å². The van der Waals surface area contributed by atoms with E-state index >= 15 is 0 Å². The second-order valence-electron chi connectivity index (χ2n) is 4.09. The van der Waals surface area contributed by atoms with Crippen LogP contribution in [-0.4, -0.2) is 48.0 Å². The number of carbonyl (C=O) groups is 1. The zero-order chi connectivity index (χ0) is 13.3. The number of amides is 1. The molecule has 1 saturated heterocycles. The third-order valence-electron chi connectivity index (χ3n) is 2.67. The minimum Gasteiger partial charge on any atom is -0.381 e. The van der Waals surface area contributed by atoms with E-state index < -0.39 is 10.0 Å². The first kappa shape index (κ1) is 12.8. The van der Waals surface area contributed by atoms with Crippen LogP contribution in [0.15, 0.2) is 11.1 Å². The molecule has 3 N–H and O–H groups in total. The molecule has 0 radical (unpaired) electrons. The van der Waals surface area contributed by atoms with Crippen molar-refractivity contribution in [3.8, 4) is 0 Å². The standard InChI is InChI=1S/C9H15N5O3S/c1-13-5-7(9(10)12-13)18(16,17)14-4-2-3-11-8(15)6-14/h5H,2-4,6H2,1H3,(H2,10,12)(H,11,15). The van der Waals surface area contributed by atoms with E-state index in [-0.39, 0.29) is 29.7 Å². The molecule has 100 valence electrons. The van der Waals surface area contributed by atoms with Crippen molar-refractivity contribution in [2.75, 3.05) is 25.4 Å². The Bertz CT molecular complexity index is 565. The van der Waals surface area contributed by atoms with Crippen molar-refractivity contribution >= 4 is 21.7 Å². The molecule has 0 aliphatic carbocycles. The van der Waals surface area contributed by atoms with Crippen LogP contribution >= 0.6 is 0 Å². The Labute approximate surface area is 105 Å². The predicted octanol–water partition coefficient (Wildman–Crippen LogP) is -1.49. The van der Waals surface area contributed by atoms with Crippen molar-refractivity contribution in [1.29, 1.82) is 0 Å². The second-order valence-corrected chi connectivity index (χ2v) is 6.00. The van der Waals surface area contributed by atoms with Crippen LogP contribution in [0, 0.1) is 0 Å². The normalized spacial score (nSPS) is 18.4. The maximum Gasteiger partial charge on any atom is 0.248 e. The molecule has 1 aromatic rings. The third kappa shape index (κ3) is 2.31. The van der Waals surface area contributed by atoms with Crippen molar-refractivity contribution in [2.24, 2.45) is 7.05 Å². The quantitative estimate of drug-likeness (QED) is 0.682. The Morgan fingerprint density at radius 1 is 1.50 bits per heavy atom. The SMILES string of the molecule is Cn1cc(S(=O)(=O)N2CCCNC(=O)C2)c(N)n1. The summed E-state index contributed by atoms with van der Waals surface area (Å²) in [6.07, 6.45) is 1.92. The van der Waals surface area contributed by atoms with Crippen molar-refractivity contribution in [2.45, 2.75) is 11.3 Å². The van der Waals surface area contributed by atoms with Gasteiger partial charge in [0, 0.05) is 26.3 Å². The van der Waals surface area contributed by atoms with Crippen LogP contribution in [0.1, 0.15) is 6.42 Å². The van der Waals surface area contributed by atoms with Crippen LogP contribution in [0.3, 0.4) is 0 Å². The Hall–Kier alpha value is -1.61. The fourth-order valence-electron chi connectivity index (χ4n) is 1.81. The molecule has 0 bridgehead atoms. The van der Waals surface area contributed by atoms with Gasteiger partial charge in [-0.1, -0.05) is 0 Å². The van der Waals surface area contributed by atoms with E-state index in [1.165, 1.54) is 10.9 Å². The Morgan fingerprint density at radius 3 is 2.83 bits per heavy atom. The fourth-order valence-corrected chi connectivity index (χ4v) is 3.33. The van der Waals surface area contributed by atoms with Gasteiger partial charge in [-0.2, -0.15) is 9.40 Å². The van der Waals surface area contributed by atoms with Crippen LogP contribution in [0.4, 0.5) is 5.82 Å². The molecule has 8 nitrogen and oxygen atoms in total. The molecular weight excluding hydrogens is 258 g/mol. The summed E-state index contributed by atoms with van der Waals surface area (Å²) >= 11 is 0. The molecule has 1 amide bonds. The van der Waals surface area contributed by atoms with Crippen LogP contribution in [0.5, 0.6) is 0 Å². The molecule has 1 fully saturated rings. The number of nitrogens with two attached hydrogens (primary N) is 1. The predicted molar refractivity (Wildman–Crippen MR) is 64.0 cm³/mol. The number of aryl methyl sites for hydroxylation is 1. The number of hydrogen-bond acceptors (Lipinski definition) is 5. The molecule has 1 aromatic heterocycles. The molecule has 0 saturated carbocycles. The topological polar surface area (TPSA) is 110 Å². The molecule has 1 aliphatic heterocycles. The summed E-state index contributed by atoms with van der Waals surface area (Å²) in [5.74, 6) is -0.360. The van der Waals surface area contributed by atoms with Crippen molar-refractivity contribution in [3.05, 3.63) is 6.20 Å². The van der Waals surface area contributed by atoms with E-state index in [2.05, 4.69) is 10.4 Å². The number of nitrogens with one attached hydrogen (secondary N) is 1. The van der Waals surface area contributed by atoms with Gasteiger partial charge in [-0.25, -0.2) is 8.42 Å². The van der Waals surface area contributed by atoms with Gasteiger partial charge in [-0.3, -0.25) is 9.48 Å². The second kappa shape index (κ2) is 4.58. The highest BCUT2D eigenvalue weighted by molar-refractivity contribution is 7.89. The monoisotopic (exact) mass is 273 g/mol. The van der Waals surface area contributed by atoms with Crippen LogP contribution < -0.4 is 11.1 Å². The van der Waals surface area contributed by atoms with Gasteiger partial charge in [0.25, 0.3) is 0 Å². The molecular formula is C9H15N5O3S. The highest BCUT2D eigenvalue weighted by Crippen LogP contribution is 2.21. The first-order valence-corrected chi connectivity index (χ1v) is 6.91. The lowest BCUT2D eigenvalue weighted by molar-refractivity contribution is -0.120. The molecule has 2 rings (SSSR count). The number of nitrogens with zero attached hydrogens (tertiary/aromatic N) is 3. The van der Waals surface area contributed by atoms with Gasteiger partial charge >= 0.3 is 0 Å². The van der Waals surface area contributed by atoms with E-state index in [1.807, 2.05) is 0 Å². The minimum absolute atomic E-state index is 0.0536. The lowest BCUT2D eigenvalue weighted by atomic mass is 10.4. The lowest BCUT2D eigenvalue weighted by Gasteiger charge is -2.17. The van der Waals surface area contributed by atoms with Crippen LogP contribution in [-0.2, 0) is 21.9 Å². The summed E-state index contributed by atoms with van der Waals surface area (Å²) in [7, 11) is -2.18. The third-order valence-corrected chi connectivity index (χ3v) is 4.53. The van der Waals surface area contributed by atoms with Crippen LogP contribution in [0.25, 0.3) is 0 Å². The van der Waals surface area contributed by atoms with Crippen molar-refractivity contribution < 1.29 is 13.2 Å². The van der Waals surface area contributed by atoms with Gasteiger partial charge < -0.3 is 11.1 Å². The molecule has 9 heteroatoms. The van der Waals surface area contributed by atoms with Gasteiger partial charge in [-0.15, -0.1) is 0 Å². The van der Waals surface area contributed by atoms with Gasteiger partial charge in [-0.05, 0) is 6.42 Å². The summed E-state index contributed by atoms with van der Waals surface area (Å²) in [4.78, 5) is 11.3. The molecule has 0 aromatic carbocycles. The van der Waals surface area contributed by atoms with E-state index in [0.717, 1.165) is 4.31 Å². The van der Waals surface area contributed by atoms with Gasteiger partial charge in [0.15, 0.2) is 5.82 Å². The van der Waals surface area contributed by atoms with Crippen molar-refractivity contribution in [1.82, 2.24) is 19.4 Å². The first-order valence-electron chi connectivity index (χ1n) is 5.47. The smallest absolute Gasteiger partial charge is 0.248 e. The largest absolute Gasteiger partial charge is 0.381 e. The van der Waals surface area contributed by atoms with Crippen LogP contribution in [0.2, 0.25) is 0 Å². The minimum atomic E-state index is -3.76. The van der Waals surface area contributed by atoms with E-state index in [9.17, 15) is 13.2 Å². The highest BCUT2D eigenvalue weighted by atomic mass is 32.2.